The van der Waals surface area contributed by atoms with Crippen molar-refractivity contribution in [2.24, 2.45) is 17.8 Å². The van der Waals surface area contributed by atoms with Crippen molar-refractivity contribution in [3.63, 3.8) is 0 Å². The molecule has 0 saturated carbocycles. The Hall–Kier alpha value is -2.78. The van der Waals surface area contributed by atoms with Crippen molar-refractivity contribution in [1.82, 2.24) is 4.90 Å². The summed E-state index contributed by atoms with van der Waals surface area (Å²) < 4.78 is 9.75. The molecular formula is C32H44N2O6S. The number of fused-ring (bicyclic) bond motifs is 1. The maximum atomic E-state index is 14.7. The van der Waals surface area contributed by atoms with Crippen molar-refractivity contribution >= 4 is 35.2 Å². The average molecular weight is 585 g/mol. The van der Waals surface area contributed by atoms with Gasteiger partial charge in [-0.1, -0.05) is 26.0 Å². The highest BCUT2D eigenvalue weighted by molar-refractivity contribution is 8.02. The fraction of sp³-hybridized carbons (Fsp3) is 0.594. The first-order valence-electron chi connectivity index (χ1n) is 14.6. The lowest BCUT2D eigenvalue weighted by atomic mass is 9.66. The lowest BCUT2D eigenvalue weighted by Crippen LogP contribution is -2.58. The summed E-state index contributed by atoms with van der Waals surface area (Å²) in [4.78, 5) is 46.0. The van der Waals surface area contributed by atoms with E-state index >= 15 is 0 Å². The van der Waals surface area contributed by atoms with Gasteiger partial charge in [-0.15, -0.1) is 24.9 Å². The number of likely N-dealkylation sites (tertiary alicyclic amines) is 1. The lowest BCUT2D eigenvalue weighted by molar-refractivity contribution is -0.156. The first kappa shape index (κ1) is 31.2. The Morgan fingerprint density at radius 2 is 1.90 bits per heavy atom. The van der Waals surface area contributed by atoms with Gasteiger partial charge in [0.25, 0.3) is 5.91 Å². The number of unbranched alkanes of at least 4 members (excludes halogenated alkanes) is 2. The van der Waals surface area contributed by atoms with Crippen LogP contribution in [0, 0.1) is 17.8 Å². The number of anilines is 1. The standard InChI is InChI=1S/C32H44N2O6S/c1-7-9-10-11-19-40-30(38)26-25-28(36)34(24(20-35)21(3)4)27(32(25)17-16-31(26,5)41-32)29(37)33(18-8-2)22-12-14-23(39-6)15-13-22/h7-8,12-15,21,24-27,35H,1-2,9-11,16-20H2,3-6H3/t24-,25-,26+,27?,31-,32?/m0/s1. The monoisotopic (exact) mass is 584 g/mol. The zero-order valence-corrected chi connectivity index (χ0v) is 25.5. The van der Waals surface area contributed by atoms with Crippen LogP contribution in [-0.4, -0.2) is 76.2 Å². The molecule has 224 valence electrons. The number of aliphatic hydroxyl groups excluding tert-OH is 1. The molecule has 3 saturated heterocycles. The van der Waals surface area contributed by atoms with Gasteiger partial charge in [0.15, 0.2) is 0 Å². The van der Waals surface area contributed by atoms with Crippen molar-refractivity contribution in [2.45, 2.75) is 74.5 Å². The van der Waals surface area contributed by atoms with Crippen LogP contribution < -0.4 is 9.64 Å². The number of aliphatic hydroxyl groups is 1. The Labute approximate surface area is 248 Å². The first-order valence-corrected chi connectivity index (χ1v) is 15.4. The molecule has 2 bridgehead atoms. The molecule has 2 unspecified atom stereocenters. The summed E-state index contributed by atoms with van der Waals surface area (Å²) in [5.74, 6) is -1.64. The molecule has 6 atom stereocenters. The quantitative estimate of drug-likeness (QED) is 0.194. The molecule has 4 rings (SSSR count). The summed E-state index contributed by atoms with van der Waals surface area (Å²) in [6, 6.07) is 5.80. The van der Waals surface area contributed by atoms with Gasteiger partial charge in [0.2, 0.25) is 5.91 Å². The molecule has 1 aromatic rings. The van der Waals surface area contributed by atoms with E-state index in [0.29, 0.717) is 30.9 Å². The fourth-order valence-corrected chi connectivity index (χ4v) is 9.32. The fourth-order valence-electron chi connectivity index (χ4n) is 6.99. The highest BCUT2D eigenvalue weighted by Gasteiger charge is 2.78. The summed E-state index contributed by atoms with van der Waals surface area (Å²) in [5.41, 5.74) is 0.660. The zero-order valence-electron chi connectivity index (χ0n) is 24.7. The predicted molar refractivity (Wildman–Crippen MR) is 162 cm³/mol. The van der Waals surface area contributed by atoms with Gasteiger partial charge in [0.05, 0.1) is 42.9 Å². The number of carbonyl (C=O) groups is 3. The van der Waals surface area contributed by atoms with Gasteiger partial charge in [-0.3, -0.25) is 14.4 Å². The highest BCUT2D eigenvalue weighted by atomic mass is 32.2. The Morgan fingerprint density at radius 1 is 1.20 bits per heavy atom. The predicted octanol–water partition coefficient (Wildman–Crippen LogP) is 4.61. The summed E-state index contributed by atoms with van der Waals surface area (Å²) in [7, 11) is 1.58. The molecule has 3 fully saturated rings. The molecule has 1 aromatic carbocycles. The number of amides is 2. The molecule has 3 aliphatic heterocycles. The van der Waals surface area contributed by atoms with E-state index < -0.39 is 33.4 Å². The van der Waals surface area contributed by atoms with E-state index in [1.807, 2.05) is 39.0 Å². The number of esters is 1. The number of methoxy groups -OCH3 is 1. The van der Waals surface area contributed by atoms with Gasteiger partial charge in [-0.05, 0) is 69.2 Å². The molecule has 41 heavy (non-hydrogen) atoms. The van der Waals surface area contributed by atoms with Crippen LogP contribution in [0.5, 0.6) is 5.75 Å². The number of benzene rings is 1. The third-order valence-corrected chi connectivity index (χ3v) is 11.0. The lowest BCUT2D eigenvalue weighted by Gasteiger charge is -2.40. The second-order valence-corrected chi connectivity index (χ2v) is 13.8. The second kappa shape index (κ2) is 12.6. The van der Waals surface area contributed by atoms with Crippen molar-refractivity contribution in [3.05, 3.63) is 49.6 Å². The van der Waals surface area contributed by atoms with Crippen LogP contribution >= 0.6 is 11.8 Å². The Bertz CT molecular complexity index is 1160. The van der Waals surface area contributed by atoms with Crippen LogP contribution in [0.15, 0.2) is 49.6 Å². The number of carbonyl (C=O) groups excluding carboxylic acids is 3. The van der Waals surface area contributed by atoms with E-state index in [1.54, 1.807) is 46.9 Å². The number of nitrogens with zero attached hydrogens (tertiary/aromatic N) is 2. The van der Waals surface area contributed by atoms with E-state index in [0.717, 1.165) is 19.3 Å². The van der Waals surface area contributed by atoms with Crippen LogP contribution in [0.3, 0.4) is 0 Å². The third kappa shape index (κ3) is 5.43. The third-order valence-electron chi connectivity index (χ3n) is 9.02. The SMILES string of the molecule is C=CCCCCOC(=O)[C@H]1[C@H]2C(=O)N([C@@H](CO)C(C)C)C(C(=O)N(CC=C)c3ccc(OC)cc3)C23CC[C@]1(C)S3. The molecule has 1 spiro atoms. The van der Waals surface area contributed by atoms with Crippen LogP contribution in [0.1, 0.15) is 52.9 Å². The Balaban J connectivity index is 1.75. The summed E-state index contributed by atoms with van der Waals surface area (Å²) in [6.07, 6.45) is 7.29. The van der Waals surface area contributed by atoms with Crippen molar-refractivity contribution < 1.29 is 29.0 Å². The zero-order chi connectivity index (χ0) is 29.9. The van der Waals surface area contributed by atoms with Gasteiger partial charge in [0.1, 0.15) is 11.8 Å². The maximum Gasteiger partial charge on any atom is 0.311 e. The Morgan fingerprint density at radius 3 is 2.49 bits per heavy atom. The highest BCUT2D eigenvalue weighted by Crippen LogP contribution is 2.72. The maximum absolute atomic E-state index is 14.7. The van der Waals surface area contributed by atoms with E-state index in [4.69, 9.17) is 9.47 Å². The summed E-state index contributed by atoms with van der Waals surface area (Å²) in [6.45, 7) is 13.8. The van der Waals surface area contributed by atoms with Gasteiger partial charge in [-0.2, -0.15) is 0 Å². The molecule has 0 aliphatic carbocycles. The average Bonchev–Trinajstić information content (AvgIpc) is 3.52. The van der Waals surface area contributed by atoms with Crippen LogP contribution in [0.4, 0.5) is 5.69 Å². The van der Waals surface area contributed by atoms with Crippen LogP contribution in [0.2, 0.25) is 0 Å². The van der Waals surface area contributed by atoms with Gasteiger partial charge < -0.3 is 24.4 Å². The van der Waals surface area contributed by atoms with E-state index in [2.05, 4.69) is 13.2 Å². The van der Waals surface area contributed by atoms with Crippen LogP contribution in [-0.2, 0) is 19.1 Å². The Kier molecular flexibility index (Phi) is 9.59. The normalized spacial score (nSPS) is 28.9. The van der Waals surface area contributed by atoms with Crippen LogP contribution in [0.25, 0.3) is 0 Å². The van der Waals surface area contributed by atoms with Gasteiger partial charge in [0, 0.05) is 17.0 Å². The second-order valence-electron chi connectivity index (χ2n) is 11.9. The first-order chi connectivity index (χ1) is 19.6. The van der Waals surface area contributed by atoms with Gasteiger partial charge >= 0.3 is 5.97 Å². The number of rotatable bonds is 14. The number of allylic oxidation sites excluding steroid dienone is 1. The molecule has 9 heteroatoms. The number of ether oxygens (including phenoxy) is 2. The van der Waals surface area contributed by atoms with Crippen molar-refractivity contribution in [3.8, 4) is 5.75 Å². The molecule has 1 N–H and O–H groups in total. The number of hydrogen-bond donors (Lipinski definition) is 1. The molecule has 3 aliphatic rings. The molecule has 0 aromatic heterocycles. The minimum Gasteiger partial charge on any atom is -0.497 e. The largest absolute Gasteiger partial charge is 0.497 e. The molecule has 0 radical (unpaired) electrons. The summed E-state index contributed by atoms with van der Waals surface area (Å²) in [5, 5.41) is 10.5. The molecule has 3 heterocycles. The minimum absolute atomic E-state index is 0.101. The topological polar surface area (TPSA) is 96.4 Å². The smallest absolute Gasteiger partial charge is 0.311 e. The number of hydrogen-bond acceptors (Lipinski definition) is 7. The number of thioether (sulfide) groups is 1. The van der Waals surface area contributed by atoms with Crippen molar-refractivity contribution in [2.75, 3.05) is 31.8 Å². The minimum atomic E-state index is -0.848. The molecule has 8 nitrogen and oxygen atoms in total. The van der Waals surface area contributed by atoms with E-state index in [1.165, 1.54) is 0 Å². The van der Waals surface area contributed by atoms with E-state index in [-0.39, 0.29) is 36.9 Å². The summed E-state index contributed by atoms with van der Waals surface area (Å²) >= 11 is 1.60. The van der Waals surface area contributed by atoms with Crippen molar-refractivity contribution in [1.29, 1.82) is 0 Å². The molecule has 2 amide bonds. The molecular weight excluding hydrogens is 540 g/mol. The van der Waals surface area contributed by atoms with E-state index in [9.17, 15) is 19.5 Å². The van der Waals surface area contributed by atoms with Gasteiger partial charge in [-0.25, -0.2) is 0 Å².